The standard InChI is InChI=1S/C21H19N3O6S2/c1-13(20(26)23-15-10-8-14(9-11-15)19(22)25)30-21(27)16-5-2-3-6-17(16)24-32(28,29)18-7-4-12-31-18/h2-13,24H,1H3,(H2,22,25)(H,23,26)/t13-/m0/s1. The number of esters is 1. The van der Waals surface area contributed by atoms with E-state index in [2.05, 4.69) is 10.0 Å². The molecule has 2 aromatic carbocycles. The molecule has 11 heteroatoms. The molecule has 1 aromatic heterocycles. The minimum Gasteiger partial charge on any atom is -0.449 e. The Bertz CT molecular complexity index is 1240. The van der Waals surface area contributed by atoms with Gasteiger partial charge >= 0.3 is 5.97 Å². The third-order valence-electron chi connectivity index (χ3n) is 4.24. The number of nitrogens with one attached hydrogen (secondary N) is 2. The van der Waals surface area contributed by atoms with Crippen LogP contribution in [-0.2, 0) is 19.6 Å². The van der Waals surface area contributed by atoms with Gasteiger partial charge in [-0.05, 0) is 54.8 Å². The van der Waals surface area contributed by atoms with Crippen LogP contribution >= 0.6 is 11.3 Å². The first-order valence-electron chi connectivity index (χ1n) is 9.24. The lowest BCUT2D eigenvalue weighted by atomic mass is 10.2. The summed E-state index contributed by atoms with van der Waals surface area (Å²) in [6.45, 7) is 1.38. The first kappa shape index (κ1) is 23.0. The van der Waals surface area contributed by atoms with Crippen LogP contribution in [0.5, 0.6) is 0 Å². The number of thiophene rings is 1. The van der Waals surface area contributed by atoms with Crippen molar-refractivity contribution in [3.8, 4) is 0 Å². The van der Waals surface area contributed by atoms with Crippen LogP contribution in [0.4, 0.5) is 11.4 Å². The Morgan fingerprint density at radius 1 is 1.00 bits per heavy atom. The fourth-order valence-electron chi connectivity index (χ4n) is 2.60. The summed E-state index contributed by atoms with van der Waals surface area (Å²) in [4.78, 5) is 36.1. The summed E-state index contributed by atoms with van der Waals surface area (Å²) in [5.41, 5.74) is 5.82. The molecule has 4 N–H and O–H groups in total. The van der Waals surface area contributed by atoms with Gasteiger partial charge in [-0.1, -0.05) is 18.2 Å². The zero-order chi connectivity index (χ0) is 23.3. The van der Waals surface area contributed by atoms with Crippen molar-refractivity contribution in [1.29, 1.82) is 0 Å². The summed E-state index contributed by atoms with van der Waals surface area (Å²) < 4.78 is 32.7. The van der Waals surface area contributed by atoms with E-state index in [4.69, 9.17) is 10.5 Å². The number of ether oxygens (including phenoxy) is 1. The molecule has 0 saturated carbocycles. The van der Waals surface area contributed by atoms with Crippen LogP contribution in [0.25, 0.3) is 0 Å². The van der Waals surface area contributed by atoms with Crippen molar-refractivity contribution < 1.29 is 27.5 Å². The smallest absolute Gasteiger partial charge is 0.341 e. The van der Waals surface area contributed by atoms with E-state index >= 15 is 0 Å². The molecule has 0 aliphatic carbocycles. The Kier molecular flexibility index (Phi) is 6.91. The number of amides is 2. The summed E-state index contributed by atoms with van der Waals surface area (Å²) in [6.07, 6.45) is -1.18. The second-order valence-corrected chi connectivity index (χ2v) is 9.42. The van der Waals surface area contributed by atoms with Gasteiger partial charge in [-0.2, -0.15) is 0 Å². The number of rotatable bonds is 8. The summed E-state index contributed by atoms with van der Waals surface area (Å²) in [7, 11) is -3.87. The molecule has 2 amide bonds. The van der Waals surface area contributed by atoms with Crippen molar-refractivity contribution in [2.75, 3.05) is 10.0 Å². The SMILES string of the molecule is C[C@H](OC(=O)c1ccccc1NS(=O)(=O)c1cccs1)C(=O)Nc1ccc(C(N)=O)cc1. The number of sulfonamides is 1. The Labute approximate surface area is 188 Å². The van der Waals surface area contributed by atoms with E-state index in [1.807, 2.05) is 0 Å². The molecule has 166 valence electrons. The Morgan fingerprint density at radius 3 is 2.31 bits per heavy atom. The zero-order valence-corrected chi connectivity index (χ0v) is 18.4. The van der Waals surface area contributed by atoms with Crippen LogP contribution in [0.2, 0.25) is 0 Å². The summed E-state index contributed by atoms with van der Waals surface area (Å²) in [5, 5.41) is 4.18. The lowest BCUT2D eigenvalue weighted by Gasteiger charge is -2.16. The van der Waals surface area contributed by atoms with Gasteiger partial charge in [-0.15, -0.1) is 11.3 Å². The highest BCUT2D eigenvalue weighted by molar-refractivity contribution is 7.94. The molecule has 1 atom stereocenters. The van der Waals surface area contributed by atoms with E-state index in [1.165, 1.54) is 49.4 Å². The van der Waals surface area contributed by atoms with Crippen LogP contribution in [0.15, 0.2) is 70.3 Å². The van der Waals surface area contributed by atoms with E-state index < -0.39 is 33.9 Å². The number of benzene rings is 2. The summed E-state index contributed by atoms with van der Waals surface area (Å²) in [6, 6.07) is 14.8. The third-order valence-corrected chi connectivity index (χ3v) is 7.00. The van der Waals surface area contributed by atoms with Crippen molar-refractivity contribution in [2.24, 2.45) is 5.73 Å². The molecular formula is C21H19N3O6S2. The van der Waals surface area contributed by atoms with Crippen molar-refractivity contribution in [1.82, 2.24) is 0 Å². The van der Waals surface area contributed by atoms with Gasteiger partial charge < -0.3 is 15.8 Å². The molecule has 0 fully saturated rings. The minimum absolute atomic E-state index is 0.0283. The van der Waals surface area contributed by atoms with Crippen LogP contribution in [-0.4, -0.2) is 32.3 Å². The van der Waals surface area contributed by atoms with Crippen molar-refractivity contribution in [3.05, 3.63) is 77.2 Å². The molecule has 0 bridgehead atoms. The predicted octanol–water partition coefficient (Wildman–Crippen LogP) is 2.83. The van der Waals surface area contributed by atoms with Gasteiger partial charge in [-0.25, -0.2) is 13.2 Å². The third kappa shape index (κ3) is 5.50. The number of primary amides is 1. The second-order valence-electron chi connectivity index (χ2n) is 6.56. The fourth-order valence-corrected chi connectivity index (χ4v) is 4.67. The first-order chi connectivity index (χ1) is 15.2. The number of carbonyl (C=O) groups is 3. The van der Waals surface area contributed by atoms with Crippen LogP contribution in [0.1, 0.15) is 27.6 Å². The number of hydrogen-bond acceptors (Lipinski definition) is 7. The lowest BCUT2D eigenvalue weighted by molar-refractivity contribution is -0.123. The highest BCUT2D eigenvalue weighted by atomic mass is 32.2. The number of hydrogen-bond donors (Lipinski definition) is 3. The topological polar surface area (TPSA) is 145 Å². The van der Waals surface area contributed by atoms with Crippen molar-refractivity contribution in [3.63, 3.8) is 0 Å². The molecule has 0 aliphatic heterocycles. The molecule has 0 spiro atoms. The van der Waals surface area contributed by atoms with Crippen LogP contribution in [0, 0.1) is 0 Å². The molecule has 3 rings (SSSR count). The molecular weight excluding hydrogens is 454 g/mol. The number of anilines is 2. The largest absolute Gasteiger partial charge is 0.449 e. The van der Waals surface area contributed by atoms with Gasteiger partial charge in [0, 0.05) is 11.3 Å². The highest BCUT2D eigenvalue weighted by Crippen LogP contribution is 2.23. The number of carbonyl (C=O) groups excluding carboxylic acids is 3. The van der Waals surface area contributed by atoms with Gasteiger partial charge in [0.1, 0.15) is 4.21 Å². The Morgan fingerprint density at radius 2 is 1.69 bits per heavy atom. The van der Waals surface area contributed by atoms with E-state index in [0.717, 1.165) is 11.3 Å². The van der Waals surface area contributed by atoms with E-state index in [0.29, 0.717) is 5.69 Å². The van der Waals surface area contributed by atoms with E-state index in [-0.39, 0.29) is 21.0 Å². The molecule has 32 heavy (non-hydrogen) atoms. The molecule has 0 saturated heterocycles. The quantitative estimate of drug-likeness (QED) is 0.429. The van der Waals surface area contributed by atoms with Gasteiger partial charge in [0.15, 0.2) is 6.10 Å². The maximum atomic E-state index is 12.6. The Balaban J connectivity index is 1.69. The average Bonchev–Trinajstić information content (AvgIpc) is 3.30. The summed E-state index contributed by atoms with van der Waals surface area (Å²) in [5.74, 6) is -2.08. The summed E-state index contributed by atoms with van der Waals surface area (Å²) >= 11 is 1.04. The maximum Gasteiger partial charge on any atom is 0.341 e. The second kappa shape index (κ2) is 9.62. The molecule has 0 radical (unpaired) electrons. The monoisotopic (exact) mass is 473 g/mol. The van der Waals surface area contributed by atoms with Gasteiger partial charge in [-0.3, -0.25) is 14.3 Å². The lowest BCUT2D eigenvalue weighted by Crippen LogP contribution is -2.30. The molecule has 1 heterocycles. The maximum absolute atomic E-state index is 12.6. The molecule has 9 nitrogen and oxygen atoms in total. The predicted molar refractivity (Wildman–Crippen MR) is 120 cm³/mol. The highest BCUT2D eigenvalue weighted by Gasteiger charge is 2.23. The van der Waals surface area contributed by atoms with Crippen molar-refractivity contribution in [2.45, 2.75) is 17.2 Å². The van der Waals surface area contributed by atoms with Gasteiger partial charge in [0.2, 0.25) is 5.91 Å². The Hall–Kier alpha value is -3.70. The van der Waals surface area contributed by atoms with E-state index in [1.54, 1.807) is 23.6 Å². The van der Waals surface area contributed by atoms with Crippen molar-refractivity contribution >= 4 is 50.5 Å². The number of para-hydroxylation sites is 1. The van der Waals surface area contributed by atoms with Crippen LogP contribution in [0.3, 0.4) is 0 Å². The molecule has 0 aliphatic rings. The average molecular weight is 474 g/mol. The zero-order valence-electron chi connectivity index (χ0n) is 16.8. The molecule has 0 unspecified atom stereocenters. The number of nitrogens with two attached hydrogens (primary N) is 1. The first-order valence-corrected chi connectivity index (χ1v) is 11.6. The fraction of sp³-hybridized carbons (Fsp3) is 0.0952. The normalized spacial score (nSPS) is 11.9. The minimum atomic E-state index is -3.87. The molecule has 3 aromatic rings. The van der Waals surface area contributed by atoms with Gasteiger partial charge in [0.25, 0.3) is 15.9 Å². The van der Waals surface area contributed by atoms with Gasteiger partial charge in [0.05, 0.1) is 11.3 Å². The van der Waals surface area contributed by atoms with E-state index in [9.17, 15) is 22.8 Å². The van der Waals surface area contributed by atoms with Crippen LogP contribution < -0.4 is 15.8 Å².